The number of hydrogen-bond acceptors (Lipinski definition) is 4. The third kappa shape index (κ3) is 4.14. The monoisotopic (exact) mass is 391 g/mol. The molecule has 0 bridgehead atoms. The summed E-state index contributed by atoms with van der Waals surface area (Å²) in [6, 6.07) is 11.8. The van der Waals surface area contributed by atoms with Gasteiger partial charge in [-0.05, 0) is 64.8 Å². The predicted octanol–water partition coefficient (Wildman–Crippen LogP) is 3.74. The Balaban J connectivity index is 2.08. The zero-order valence-electron chi connectivity index (χ0n) is 13.6. The molecule has 0 radical (unpaired) electrons. The molecule has 24 heavy (non-hydrogen) atoms. The fraction of sp³-hybridized carbons (Fsp3) is 0.222. The standard InChI is InChI=1S/C18H18BrNO4/c1-11(14-8-9-16(23-2)15(19)10-14)20-17(21)12-4-6-13(7-5-12)18(22)24-3/h4-11H,1-3H3,(H,20,21). The second-order valence-electron chi connectivity index (χ2n) is 5.16. The van der Waals surface area contributed by atoms with Gasteiger partial charge in [0, 0.05) is 5.56 Å². The van der Waals surface area contributed by atoms with Gasteiger partial charge in [0.1, 0.15) is 5.75 Å². The Morgan fingerprint density at radius 3 is 2.21 bits per heavy atom. The third-order valence-electron chi connectivity index (χ3n) is 3.59. The van der Waals surface area contributed by atoms with E-state index in [2.05, 4.69) is 26.0 Å². The molecule has 0 aliphatic heterocycles. The minimum absolute atomic E-state index is 0.181. The number of benzene rings is 2. The maximum Gasteiger partial charge on any atom is 0.337 e. The SMILES string of the molecule is COC(=O)c1ccc(C(=O)NC(C)c2ccc(OC)c(Br)c2)cc1. The molecule has 0 fully saturated rings. The lowest BCUT2D eigenvalue weighted by Crippen LogP contribution is -2.26. The van der Waals surface area contributed by atoms with Crippen molar-refractivity contribution in [1.29, 1.82) is 0 Å². The lowest BCUT2D eigenvalue weighted by atomic mass is 10.1. The van der Waals surface area contributed by atoms with E-state index in [0.29, 0.717) is 11.1 Å². The Morgan fingerprint density at radius 1 is 1.04 bits per heavy atom. The average molecular weight is 392 g/mol. The Kier molecular flexibility index (Phi) is 5.98. The number of carbonyl (C=O) groups is 2. The number of rotatable bonds is 5. The Hall–Kier alpha value is -2.34. The van der Waals surface area contributed by atoms with Gasteiger partial charge in [-0.2, -0.15) is 0 Å². The summed E-state index contributed by atoms with van der Waals surface area (Å²) in [4.78, 5) is 23.7. The molecule has 1 atom stereocenters. The van der Waals surface area contributed by atoms with E-state index < -0.39 is 5.97 Å². The summed E-state index contributed by atoms with van der Waals surface area (Å²) in [5.41, 5.74) is 1.82. The maximum absolute atomic E-state index is 12.3. The molecule has 6 heteroatoms. The highest BCUT2D eigenvalue weighted by Crippen LogP contribution is 2.28. The number of nitrogens with one attached hydrogen (secondary N) is 1. The molecule has 1 amide bonds. The summed E-state index contributed by atoms with van der Waals surface area (Å²) in [5, 5.41) is 2.92. The summed E-state index contributed by atoms with van der Waals surface area (Å²) in [7, 11) is 2.92. The van der Waals surface area contributed by atoms with E-state index in [1.165, 1.54) is 7.11 Å². The molecule has 2 aromatic carbocycles. The zero-order valence-corrected chi connectivity index (χ0v) is 15.2. The maximum atomic E-state index is 12.3. The lowest BCUT2D eigenvalue weighted by Gasteiger charge is -2.16. The molecule has 0 aromatic heterocycles. The Bertz CT molecular complexity index is 743. The van der Waals surface area contributed by atoms with E-state index in [1.807, 2.05) is 25.1 Å². The highest BCUT2D eigenvalue weighted by atomic mass is 79.9. The van der Waals surface area contributed by atoms with Crippen LogP contribution in [-0.4, -0.2) is 26.1 Å². The van der Waals surface area contributed by atoms with Crippen LogP contribution in [0.5, 0.6) is 5.75 Å². The molecular weight excluding hydrogens is 374 g/mol. The first-order chi connectivity index (χ1) is 11.5. The van der Waals surface area contributed by atoms with Crippen LogP contribution in [0.3, 0.4) is 0 Å². The lowest BCUT2D eigenvalue weighted by molar-refractivity contribution is 0.0600. The first-order valence-electron chi connectivity index (χ1n) is 7.29. The van der Waals surface area contributed by atoms with Gasteiger partial charge in [0.2, 0.25) is 0 Å². The number of esters is 1. The van der Waals surface area contributed by atoms with Gasteiger partial charge in [-0.3, -0.25) is 4.79 Å². The van der Waals surface area contributed by atoms with E-state index in [0.717, 1.165) is 15.8 Å². The van der Waals surface area contributed by atoms with Crippen molar-refractivity contribution in [1.82, 2.24) is 5.32 Å². The minimum Gasteiger partial charge on any atom is -0.496 e. The second kappa shape index (κ2) is 7.97. The van der Waals surface area contributed by atoms with E-state index in [9.17, 15) is 9.59 Å². The van der Waals surface area contributed by atoms with Crippen molar-refractivity contribution in [3.8, 4) is 5.75 Å². The molecule has 0 saturated heterocycles. The fourth-order valence-electron chi connectivity index (χ4n) is 2.19. The molecule has 5 nitrogen and oxygen atoms in total. The average Bonchev–Trinajstić information content (AvgIpc) is 2.60. The number of carbonyl (C=O) groups excluding carboxylic acids is 2. The summed E-state index contributed by atoms with van der Waals surface area (Å²) >= 11 is 3.43. The molecule has 126 valence electrons. The van der Waals surface area contributed by atoms with Crippen LogP contribution in [0.1, 0.15) is 39.2 Å². The zero-order chi connectivity index (χ0) is 17.7. The first kappa shape index (κ1) is 18.0. The van der Waals surface area contributed by atoms with E-state index in [-0.39, 0.29) is 11.9 Å². The van der Waals surface area contributed by atoms with Crippen molar-refractivity contribution in [2.75, 3.05) is 14.2 Å². The molecule has 1 N–H and O–H groups in total. The van der Waals surface area contributed by atoms with Crippen molar-refractivity contribution in [2.45, 2.75) is 13.0 Å². The molecule has 0 aliphatic carbocycles. The Labute approximate surface area is 149 Å². The van der Waals surface area contributed by atoms with Gasteiger partial charge in [-0.1, -0.05) is 6.07 Å². The molecular formula is C18H18BrNO4. The summed E-state index contributed by atoms with van der Waals surface area (Å²) in [6.07, 6.45) is 0. The van der Waals surface area contributed by atoms with Crippen molar-refractivity contribution in [3.63, 3.8) is 0 Å². The number of methoxy groups -OCH3 is 2. The second-order valence-corrected chi connectivity index (χ2v) is 6.01. The molecule has 2 aromatic rings. The highest BCUT2D eigenvalue weighted by molar-refractivity contribution is 9.10. The molecule has 0 saturated carbocycles. The van der Waals surface area contributed by atoms with Gasteiger partial charge in [-0.25, -0.2) is 4.79 Å². The largest absolute Gasteiger partial charge is 0.496 e. The molecule has 2 rings (SSSR count). The fourth-order valence-corrected chi connectivity index (χ4v) is 2.75. The van der Waals surface area contributed by atoms with Gasteiger partial charge in [0.05, 0.1) is 30.3 Å². The number of halogens is 1. The van der Waals surface area contributed by atoms with Gasteiger partial charge < -0.3 is 14.8 Å². The molecule has 0 heterocycles. The highest BCUT2D eigenvalue weighted by Gasteiger charge is 2.14. The van der Waals surface area contributed by atoms with E-state index in [4.69, 9.17) is 4.74 Å². The van der Waals surface area contributed by atoms with Crippen LogP contribution in [0.25, 0.3) is 0 Å². The van der Waals surface area contributed by atoms with E-state index in [1.54, 1.807) is 31.4 Å². The quantitative estimate of drug-likeness (QED) is 0.788. The molecule has 1 unspecified atom stereocenters. The van der Waals surface area contributed by atoms with Crippen molar-refractivity contribution in [2.24, 2.45) is 0 Å². The predicted molar refractivity (Wildman–Crippen MR) is 94.4 cm³/mol. The van der Waals surface area contributed by atoms with Gasteiger partial charge >= 0.3 is 5.97 Å². The van der Waals surface area contributed by atoms with Gasteiger partial charge in [0.25, 0.3) is 5.91 Å². The van der Waals surface area contributed by atoms with Gasteiger partial charge in [0.15, 0.2) is 0 Å². The summed E-state index contributed by atoms with van der Waals surface area (Å²) in [6.45, 7) is 1.90. The van der Waals surface area contributed by atoms with Crippen LogP contribution in [0, 0.1) is 0 Å². The number of amides is 1. The smallest absolute Gasteiger partial charge is 0.337 e. The first-order valence-corrected chi connectivity index (χ1v) is 8.08. The molecule has 0 spiro atoms. The van der Waals surface area contributed by atoms with Crippen molar-refractivity contribution < 1.29 is 19.1 Å². The topological polar surface area (TPSA) is 64.6 Å². The number of ether oxygens (including phenoxy) is 2. The summed E-state index contributed by atoms with van der Waals surface area (Å²) in [5.74, 6) is 0.0833. The van der Waals surface area contributed by atoms with Crippen LogP contribution in [0.15, 0.2) is 46.9 Å². The Morgan fingerprint density at radius 2 is 1.67 bits per heavy atom. The number of hydrogen-bond donors (Lipinski definition) is 1. The normalized spacial score (nSPS) is 11.5. The van der Waals surface area contributed by atoms with E-state index >= 15 is 0 Å². The van der Waals surface area contributed by atoms with Crippen molar-refractivity contribution >= 4 is 27.8 Å². The van der Waals surface area contributed by atoms with Crippen LogP contribution < -0.4 is 10.1 Å². The van der Waals surface area contributed by atoms with Crippen LogP contribution in [-0.2, 0) is 4.74 Å². The van der Waals surface area contributed by atoms with Crippen molar-refractivity contribution in [3.05, 3.63) is 63.6 Å². The van der Waals surface area contributed by atoms with Crippen LogP contribution >= 0.6 is 15.9 Å². The van der Waals surface area contributed by atoms with Gasteiger partial charge in [-0.15, -0.1) is 0 Å². The van der Waals surface area contributed by atoms with Crippen LogP contribution in [0.2, 0.25) is 0 Å². The molecule has 0 aliphatic rings. The summed E-state index contributed by atoms with van der Waals surface area (Å²) < 4.78 is 10.7. The van der Waals surface area contributed by atoms with Crippen LogP contribution in [0.4, 0.5) is 0 Å². The minimum atomic E-state index is -0.432. The third-order valence-corrected chi connectivity index (χ3v) is 4.21.